The van der Waals surface area contributed by atoms with Crippen LogP contribution in [0.25, 0.3) is 0 Å². The van der Waals surface area contributed by atoms with Crippen LogP contribution in [0.4, 0.5) is 0 Å². The van der Waals surface area contributed by atoms with Gasteiger partial charge in [-0.25, -0.2) is 13.6 Å². The maximum Gasteiger partial charge on any atom is 0.273 e. The Kier molecular flexibility index (Phi) is 3.45. The molecular formula is C9H16N4O3S. The minimum atomic E-state index is -3.81. The van der Waals surface area contributed by atoms with Crippen LogP contribution in [0.1, 0.15) is 25.6 Å². The third kappa shape index (κ3) is 2.64. The molecule has 0 spiro atoms. The second-order valence-corrected chi connectivity index (χ2v) is 5.48. The van der Waals surface area contributed by atoms with Gasteiger partial charge in [0.2, 0.25) is 0 Å². The summed E-state index contributed by atoms with van der Waals surface area (Å²) in [7, 11) is -3.81. The van der Waals surface area contributed by atoms with Gasteiger partial charge in [0.1, 0.15) is 5.82 Å². The highest BCUT2D eigenvalue weighted by molar-refractivity contribution is 7.89. The normalized spacial score (nSPS) is 20.9. The minimum absolute atomic E-state index is 0.109. The van der Waals surface area contributed by atoms with E-state index in [4.69, 9.17) is 9.88 Å². The smallest absolute Gasteiger partial charge is 0.273 e. The predicted octanol–water partition coefficient (Wildman–Crippen LogP) is -0.333. The quantitative estimate of drug-likeness (QED) is 0.798. The van der Waals surface area contributed by atoms with Gasteiger partial charge in [-0.1, -0.05) is 0 Å². The van der Waals surface area contributed by atoms with Crippen molar-refractivity contribution >= 4 is 10.0 Å². The van der Waals surface area contributed by atoms with Crippen molar-refractivity contribution in [3.8, 4) is 0 Å². The van der Waals surface area contributed by atoms with Crippen LogP contribution in [-0.2, 0) is 27.7 Å². The van der Waals surface area contributed by atoms with Crippen LogP contribution in [0.3, 0.4) is 0 Å². The molecule has 1 atom stereocenters. The van der Waals surface area contributed by atoms with E-state index in [9.17, 15) is 8.42 Å². The number of hydrogen-bond donors (Lipinski definition) is 1. The summed E-state index contributed by atoms with van der Waals surface area (Å²) in [5.74, 6) is 0.614. The number of hydrogen-bond acceptors (Lipinski definition) is 5. The lowest BCUT2D eigenvalue weighted by Crippen LogP contribution is -2.20. The maximum absolute atomic E-state index is 11.3. The first-order chi connectivity index (χ1) is 8.02. The van der Waals surface area contributed by atoms with Gasteiger partial charge in [0.05, 0.1) is 6.10 Å². The lowest BCUT2D eigenvalue weighted by Gasteiger charge is -2.10. The molecule has 0 radical (unpaired) electrons. The third-order valence-corrected chi connectivity index (χ3v) is 3.61. The molecule has 2 heterocycles. The summed E-state index contributed by atoms with van der Waals surface area (Å²) in [6.45, 7) is 3.06. The molecule has 1 fully saturated rings. The fourth-order valence-corrected chi connectivity index (χ4v) is 2.70. The van der Waals surface area contributed by atoms with Crippen LogP contribution < -0.4 is 5.14 Å². The van der Waals surface area contributed by atoms with Gasteiger partial charge >= 0.3 is 0 Å². The van der Waals surface area contributed by atoms with Crippen LogP contribution >= 0.6 is 0 Å². The van der Waals surface area contributed by atoms with E-state index < -0.39 is 10.0 Å². The molecule has 0 aromatic carbocycles. The Labute approximate surface area is 100 Å². The van der Waals surface area contributed by atoms with Crippen molar-refractivity contribution in [2.24, 2.45) is 5.14 Å². The zero-order valence-electron chi connectivity index (χ0n) is 9.66. The van der Waals surface area contributed by atoms with Gasteiger partial charge < -0.3 is 9.30 Å². The Morgan fingerprint density at radius 3 is 2.82 bits per heavy atom. The van der Waals surface area contributed by atoms with Crippen molar-refractivity contribution in [2.75, 3.05) is 6.61 Å². The van der Waals surface area contributed by atoms with E-state index in [1.807, 2.05) is 6.92 Å². The number of nitrogens with zero attached hydrogens (tertiary/aromatic N) is 3. The lowest BCUT2D eigenvalue weighted by molar-refractivity contribution is 0.109. The van der Waals surface area contributed by atoms with Crippen molar-refractivity contribution in [3.63, 3.8) is 0 Å². The Hall–Kier alpha value is -0.990. The fourth-order valence-electron chi connectivity index (χ4n) is 2.01. The number of primary sulfonamides is 1. The zero-order valence-corrected chi connectivity index (χ0v) is 10.5. The highest BCUT2D eigenvalue weighted by Gasteiger charge is 2.24. The average Bonchev–Trinajstić information content (AvgIpc) is 2.85. The highest BCUT2D eigenvalue weighted by Crippen LogP contribution is 2.17. The van der Waals surface area contributed by atoms with Crippen LogP contribution in [0.15, 0.2) is 5.16 Å². The first-order valence-electron chi connectivity index (χ1n) is 5.59. The highest BCUT2D eigenvalue weighted by atomic mass is 32.2. The minimum Gasteiger partial charge on any atom is -0.378 e. The summed E-state index contributed by atoms with van der Waals surface area (Å²) in [6.07, 6.45) is 2.70. The molecule has 1 saturated heterocycles. The Morgan fingerprint density at radius 1 is 1.53 bits per heavy atom. The maximum atomic E-state index is 11.3. The molecule has 1 aromatic rings. The topological polar surface area (TPSA) is 100 Å². The summed E-state index contributed by atoms with van der Waals surface area (Å²) in [5, 5.41) is 12.4. The first-order valence-corrected chi connectivity index (χ1v) is 7.13. The first kappa shape index (κ1) is 12.5. The molecule has 2 rings (SSSR count). The Morgan fingerprint density at radius 2 is 2.29 bits per heavy atom. The van der Waals surface area contributed by atoms with Crippen LogP contribution in [0.2, 0.25) is 0 Å². The monoisotopic (exact) mass is 260 g/mol. The second kappa shape index (κ2) is 4.71. The summed E-state index contributed by atoms with van der Waals surface area (Å²) in [6, 6.07) is 0. The summed E-state index contributed by atoms with van der Waals surface area (Å²) in [5.41, 5.74) is 0. The van der Waals surface area contributed by atoms with Gasteiger partial charge in [0, 0.05) is 19.6 Å². The van der Waals surface area contributed by atoms with Crippen molar-refractivity contribution in [1.82, 2.24) is 14.8 Å². The molecule has 1 aliphatic heterocycles. The average molecular weight is 260 g/mol. The summed E-state index contributed by atoms with van der Waals surface area (Å²) < 4.78 is 29.6. The van der Waals surface area contributed by atoms with E-state index in [0.717, 1.165) is 19.4 Å². The number of rotatable bonds is 4. The van der Waals surface area contributed by atoms with Gasteiger partial charge in [0.15, 0.2) is 0 Å². The largest absolute Gasteiger partial charge is 0.378 e. The third-order valence-electron chi connectivity index (χ3n) is 2.80. The van der Waals surface area contributed by atoms with E-state index in [2.05, 4.69) is 10.2 Å². The molecule has 1 unspecified atom stereocenters. The number of ether oxygens (including phenoxy) is 1. The van der Waals surface area contributed by atoms with Crippen LogP contribution in [0.5, 0.6) is 0 Å². The Bertz CT molecular complexity index is 490. The molecular weight excluding hydrogens is 244 g/mol. The van der Waals surface area contributed by atoms with E-state index in [1.54, 1.807) is 0 Å². The lowest BCUT2D eigenvalue weighted by atomic mass is 10.2. The van der Waals surface area contributed by atoms with Crippen molar-refractivity contribution in [3.05, 3.63) is 5.82 Å². The van der Waals surface area contributed by atoms with Gasteiger partial charge in [-0.2, -0.15) is 0 Å². The second-order valence-electron chi connectivity index (χ2n) is 4.03. The molecule has 17 heavy (non-hydrogen) atoms. The van der Waals surface area contributed by atoms with Crippen molar-refractivity contribution in [2.45, 2.75) is 44.0 Å². The van der Waals surface area contributed by atoms with Gasteiger partial charge in [0.25, 0.3) is 15.2 Å². The summed E-state index contributed by atoms with van der Waals surface area (Å²) in [4.78, 5) is 0. The molecule has 1 aliphatic rings. The predicted molar refractivity (Wildman–Crippen MR) is 59.7 cm³/mol. The molecule has 0 aliphatic carbocycles. The number of aromatic nitrogens is 3. The SMILES string of the molecule is CCn1c(CC2CCCO2)nnc1S(N)(=O)=O. The van der Waals surface area contributed by atoms with Gasteiger partial charge in [-0.3, -0.25) is 0 Å². The van der Waals surface area contributed by atoms with Crippen LogP contribution in [-0.4, -0.2) is 35.9 Å². The van der Waals surface area contributed by atoms with Gasteiger partial charge in [-0.15, -0.1) is 10.2 Å². The number of nitrogens with two attached hydrogens (primary N) is 1. The standard InChI is InChI=1S/C9H16N4O3S/c1-2-13-8(6-7-4-3-5-16-7)11-12-9(13)17(10,14)15/h7H,2-6H2,1H3,(H2,10,14,15). The van der Waals surface area contributed by atoms with E-state index in [0.29, 0.717) is 18.8 Å². The van der Waals surface area contributed by atoms with Gasteiger partial charge in [-0.05, 0) is 19.8 Å². The Balaban J connectivity index is 2.25. The van der Waals surface area contributed by atoms with E-state index in [-0.39, 0.29) is 11.3 Å². The molecule has 7 nitrogen and oxygen atoms in total. The molecule has 2 N–H and O–H groups in total. The molecule has 96 valence electrons. The molecule has 0 saturated carbocycles. The van der Waals surface area contributed by atoms with E-state index >= 15 is 0 Å². The van der Waals surface area contributed by atoms with Crippen molar-refractivity contribution < 1.29 is 13.2 Å². The molecule has 1 aromatic heterocycles. The summed E-state index contributed by atoms with van der Waals surface area (Å²) >= 11 is 0. The number of sulfonamides is 1. The molecule has 8 heteroatoms. The molecule has 0 bridgehead atoms. The van der Waals surface area contributed by atoms with Crippen molar-refractivity contribution in [1.29, 1.82) is 0 Å². The zero-order chi connectivity index (χ0) is 12.5. The van der Waals surface area contributed by atoms with E-state index in [1.165, 1.54) is 4.57 Å². The molecule has 0 amide bonds. The fraction of sp³-hybridized carbons (Fsp3) is 0.778. The van der Waals surface area contributed by atoms with Crippen LogP contribution in [0, 0.1) is 0 Å².